The molecule has 5 nitrogen and oxygen atoms in total. The van der Waals surface area contributed by atoms with Gasteiger partial charge in [-0.2, -0.15) is 0 Å². The second-order valence-corrected chi connectivity index (χ2v) is 6.12. The summed E-state index contributed by atoms with van der Waals surface area (Å²) in [6.45, 7) is 3.77. The Morgan fingerprint density at radius 2 is 2.10 bits per heavy atom. The van der Waals surface area contributed by atoms with Gasteiger partial charge in [-0.05, 0) is 38.0 Å². The maximum atomic E-state index is 12.5. The quantitative estimate of drug-likeness (QED) is 0.896. The highest BCUT2D eigenvalue weighted by Gasteiger charge is 2.28. The average Bonchev–Trinajstić information content (AvgIpc) is 3.24. The number of hydrogen-bond donors (Lipinski definition) is 1. The van der Waals surface area contributed by atoms with E-state index in [1.807, 2.05) is 4.90 Å². The lowest BCUT2D eigenvalue weighted by molar-refractivity contribution is 0.0753. The van der Waals surface area contributed by atoms with E-state index in [1.165, 1.54) is 12.5 Å². The van der Waals surface area contributed by atoms with Crippen LogP contribution in [-0.2, 0) is 0 Å². The molecule has 1 atom stereocenters. The fraction of sp³-hybridized carbons (Fsp3) is 0.667. The van der Waals surface area contributed by atoms with Gasteiger partial charge in [0.15, 0.2) is 0 Å². The first-order valence-electron chi connectivity index (χ1n) is 7.54. The Morgan fingerprint density at radius 3 is 2.85 bits per heavy atom. The topological polar surface area (TPSA) is 66.1 Å². The molecule has 1 aromatic rings. The van der Waals surface area contributed by atoms with Crippen molar-refractivity contribution >= 4 is 5.91 Å². The van der Waals surface area contributed by atoms with Gasteiger partial charge in [0.2, 0.25) is 0 Å². The van der Waals surface area contributed by atoms with Crippen molar-refractivity contribution in [1.82, 2.24) is 14.9 Å². The van der Waals surface area contributed by atoms with Crippen molar-refractivity contribution in [2.45, 2.75) is 44.9 Å². The largest absolute Gasteiger partial charge is 0.337 e. The van der Waals surface area contributed by atoms with Gasteiger partial charge in [0, 0.05) is 25.1 Å². The molecule has 108 valence electrons. The Hall–Kier alpha value is -1.65. The van der Waals surface area contributed by atoms with Crippen molar-refractivity contribution in [2.24, 2.45) is 5.92 Å². The molecule has 3 rings (SSSR count). The van der Waals surface area contributed by atoms with Crippen molar-refractivity contribution in [3.8, 4) is 0 Å². The molecular weight excluding hydrogens is 254 g/mol. The molecular formula is C15H21N3O2. The van der Waals surface area contributed by atoms with E-state index in [0.29, 0.717) is 23.4 Å². The number of likely N-dealkylation sites (tertiary alicyclic amines) is 1. The minimum atomic E-state index is -0.214. The van der Waals surface area contributed by atoms with Crippen molar-refractivity contribution in [3.05, 3.63) is 27.9 Å². The van der Waals surface area contributed by atoms with Gasteiger partial charge < -0.3 is 9.88 Å². The van der Waals surface area contributed by atoms with Gasteiger partial charge in [0.25, 0.3) is 11.5 Å². The number of H-pyrrole nitrogens is 1. The third-order valence-electron chi connectivity index (χ3n) is 4.25. The predicted molar refractivity (Wildman–Crippen MR) is 75.8 cm³/mol. The number of amides is 1. The Morgan fingerprint density at radius 1 is 1.30 bits per heavy atom. The maximum absolute atomic E-state index is 12.5. The van der Waals surface area contributed by atoms with E-state index in [0.717, 1.165) is 38.8 Å². The molecule has 2 fully saturated rings. The Labute approximate surface area is 118 Å². The molecule has 1 aliphatic heterocycles. The van der Waals surface area contributed by atoms with Crippen molar-refractivity contribution in [1.29, 1.82) is 0 Å². The molecule has 0 radical (unpaired) electrons. The molecule has 1 unspecified atom stereocenters. The van der Waals surface area contributed by atoms with Crippen molar-refractivity contribution < 1.29 is 4.79 Å². The van der Waals surface area contributed by atoms with Gasteiger partial charge in [-0.15, -0.1) is 0 Å². The summed E-state index contributed by atoms with van der Waals surface area (Å²) in [5, 5.41) is 0. The third-order valence-corrected chi connectivity index (χ3v) is 4.25. The van der Waals surface area contributed by atoms with Crippen LogP contribution in [0.2, 0.25) is 0 Å². The van der Waals surface area contributed by atoms with Crippen LogP contribution in [0.4, 0.5) is 0 Å². The fourth-order valence-corrected chi connectivity index (χ4v) is 2.76. The molecule has 5 heteroatoms. The van der Waals surface area contributed by atoms with E-state index >= 15 is 0 Å². The highest BCUT2D eigenvalue weighted by atomic mass is 16.2. The van der Waals surface area contributed by atoms with Crippen LogP contribution in [0.3, 0.4) is 0 Å². The van der Waals surface area contributed by atoms with E-state index < -0.39 is 0 Å². The van der Waals surface area contributed by atoms with E-state index in [1.54, 1.807) is 0 Å². The van der Waals surface area contributed by atoms with Gasteiger partial charge in [0.1, 0.15) is 11.5 Å². The second kappa shape index (κ2) is 5.38. The fourth-order valence-electron chi connectivity index (χ4n) is 2.76. The van der Waals surface area contributed by atoms with Crippen LogP contribution >= 0.6 is 0 Å². The highest BCUT2D eigenvalue weighted by Crippen LogP contribution is 2.37. The van der Waals surface area contributed by atoms with E-state index in [9.17, 15) is 9.59 Å². The van der Waals surface area contributed by atoms with Gasteiger partial charge in [-0.3, -0.25) is 9.59 Å². The van der Waals surface area contributed by atoms with Crippen molar-refractivity contribution in [2.75, 3.05) is 13.1 Å². The van der Waals surface area contributed by atoms with Gasteiger partial charge in [0.05, 0.1) is 0 Å². The zero-order valence-corrected chi connectivity index (χ0v) is 11.9. The SMILES string of the molecule is CC1CCCN(C(=O)c2cc(=O)[nH]c(C3CC3)n2)CC1. The van der Waals surface area contributed by atoms with Gasteiger partial charge >= 0.3 is 0 Å². The van der Waals surface area contributed by atoms with Crippen molar-refractivity contribution in [3.63, 3.8) is 0 Å². The standard InChI is InChI=1S/C15H21N3O2/c1-10-3-2-7-18(8-6-10)15(20)12-9-13(19)17-14(16-12)11-4-5-11/h9-11H,2-8H2,1H3,(H,16,17,19). The number of aromatic amines is 1. The number of carbonyl (C=O) groups is 1. The van der Waals surface area contributed by atoms with Crippen LogP contribution in [0.15, 0.2) is 10.9 Å². The van der Waals surface area contributed by atoms with Crippen LogP contribution in [0.1, 0.15) is 61.3 Å². The van der Waals surface area contributed by atoms with Gasteiger partial charge in [-0.25, -0.2) is 4.98 Å². The molecule has 1 N–H and O–H groups in total. The summed E-state index contributed by atoms with van der Waals surface area (Å²) in [5.41, 5.74) is 0.0960. The number of carbonyl (C=O) groups excluding carboxylic acids is 1. The minimum Gasteiger partial charge on any atom is -0.337 e. The molecule has 1 saturated carbocycles. The highest BCUT2D eigenvalue weighted by molar-refractivity contribution is 5.92. The number of nitrogens with zero attached hydrogens (tertiary/aromatic N) is 2. The second-order valence-electron chi connectivity index (χ2n) is 6.12. The van der Waals surface area contributed by atoms with Crippen LogP contribution in [0.25, 0.3) is 0 Å². The molecule has 2 aliphatic rings. The maximum Gasteiger partial charge on any atom is 0.272 e. The lowest BCUT2D eigenvalue weighted by Crippen LogP contribution is -2.33. The lowest BCUT2D eigenvalue weighted by Gasteiger charge is -2.20. The Kier molecular flexibility index (Phi) is 3.59. The van der Waals surface area contributed by atoms with Crippen LogP contribution in [0.5, 0.6) is 0 Å². The lowest BCUT2D eigenvalue weighted by atomic mass is 10.0. The zero-order valence-electron chi connectivity index (χ0n) is 11.9. The molecule has 0 bridgehead atoms. The van der Waals surface area contributed by atoms with Gasteiger partial charge in [-0.1, -0.05) is 6.92 Å². The summed E-state index contributed by atoms with van der Waals surface area (Å²) in [6.07, 6.45) is 5.35. The smallest absolute Gasteiger partial charge is 0.272 e. The Balaban J connectivity index is 1.80. The first-order chi connectivity index (χ1) is 9.63. The number of rotatable bonds is 2. The minimum absolute atomic E-state index is 0.0906. The normalized spacial score (nSPS) is 23.4. The monoisotopic (exact) mass is 275 g/mol. The molecule has 1 amide bonds. The van der Waals surface area contributed by atoms with Crippen LogP contribution < -0.4 is 5.56 Å². The molecule has 1 aromatic heterocycles. The average molecular weight is 275 g/mol. The Bertz CT molecular complexity index is 562. The number of nitrogens with one attached hydrogen (secondary N) is 1. The zero-order chi connectivity index (χ0) is 14.1. The summed E-state index contributed by atoms with van der Waals surface area (Å²) in [5.74, 6) is 1.61. The first-order valence-corrected chi connectivity index (χ1v) is 7.54. The van der Waals surface area contributed by atoms with Crippen LogP contribution in [0, 0.1) is 5.92 Å². The molecule has 20 heavy (non-hydrogen) atoms. The van der Waals surface area contributed by atoms with Crippen LogP contribution in [-0.4, -0.2) is 33.9 Å². The van der Waals surface area contributed by atoms with E-state index in [4.69, 9.17) is 0 Å². The molecule has 1 saturated heterocycles. The summed E-state index contributed by atoms with van der Waals surface area (Å²) in [4.78, 5) is 33.2. The molecule has 0 spiro atoms. The molecule has 1 aliphatic carbocycles. The first kappa shape index (κ1) is 13.3. The number of hydrogen-bond acceptors (Lipinski definition) is 3. The summed E-state index contributed by atoms with van der Waals surface area (Å²) in [6, 6.07) is 1.34. The predicted octanol–water partition coefficient (Wildman–Crippen LogP) is 1.91. The number of aromatic nitrogens is 2. The summed E-state index contributed by atoms with van der Waals surface area (Å²) in [7, 11) is 0. The van der Waals surface area contributed by atoms with E-state index in [-0.39, 0.29) is 11.5 Å². The summed E-state index contributed by atoms with van der Waals surface area (Å²) >= 11 is 0. The molecule has 0 aromatic carbocycles. The van der Waals surface area contributed by atoms with E-state index in [2.05, 4.69) is 16.9 Å². The third kappa shape index (κ3) is 2.92. The molecule has 2 heterocycles. The summed E-state index contributed by atoms with van der Waals surface area (Å²) < 4.78 is 0.